The Kier molecular flexibility index (Phi) is 5.92. The highest BCUT2D eigenvalue weighted by molar-refractivity contribution is 7.89. The molecule has 150 valence electrons. The molecule has 1 aromatic carbocycles. The van der Waals surface area contributed by atoms with Crippen LogP contribution in [-0.4, -0.2) is 60.8 Å². The van der Waals surface area contributed by atoms with E-state index in [0.29, 0.717) is 43.1 Å². The summed E-state index contributed by atoms with van der Waals surface area (Å²) in [6.45, 7) is 4.20. The zero-order valence-electron chi connectivity index (χ0n) is 15.8. The third kappa shape index (κ3) is 4.29. The molecular formula is C18H23N5O4S. The first-order valence-corrected chi connectivity index (χ1v) is 10.3. The number of sulfonamides is 1. The van der Waals surface area contributed by atoms with E-state index in [9.17, 15) is 18.5 Å². The van der Waals surface area contributed by atoms with Crippen molar-refractivity contribution in [3.8, 4) is 0 Å². The van der Waals surface area contributed by atoms with E-state index < -0.39 is 14.9 Å². The van der Waals surface area contributed by atoms with Crippen molar-refractivity contribution in [1.82, 2.24) is 14.2 Å². The lowest BCUT2D eigenvalue weighted by Gasteiger charge is -2.32. The number of benzene rings is 1. The summed E-state index contributed by atoms with van der Waals surface area (Å²) >= 11 is 0. The Morgan fingerprint density at radius 1 is 1.21 bits per heavy atom. The van der Waals surface area contributed by atoms with Gasteiger partial charge in [-0.25, -0.2) is 13.4 Å². The maximum Gasteiger partial charge on any atom is 0.290 e. The highest BCUT2D eigenvalue weighted by Crippen LogP contribution is 2.23. The predicted octanol–water partition coefficient (Wildman–Crippen LogP) is 1.85. The molecule has 0 spiro atoms. The van der Waals surface area contributed by atoms with Crippen molar-refractivity contribution in [2.75, 3.05) is 38.5 Å². The van der Waals surface area contributed by atoms with Gasteiger partial charge in [0.15, 0.2) is 0 Å². The molecule has 1 aliphatic heterocycles. The van der Waals surface area contributed by atoms with Crippen molar-refractivity contribution in [2.45, 2.75) is 18.4 Å². The summed E-state index contributed by atoms with van der Waals surface area (Å²) in [5.74, 6) is 0.454. The van der Waals surface area contributed by atoms with Crippen molar-refractivity contribution < 1.29 is 13.3 Å². The first-order valence-electron chi connectivity index (χ1n) is 8.90. The molecule has 3 rings (SSSR count). The summed E-state index contributed by atoms with van der Waals surface area (Å²) < 4.78 is 27.7. The van der Waals surface area contributed by atoms with Gasteiger partial charge in [0.2, 0.25) is 10.0 Å². The van der Waals surface area contributed by atoms with Crippen LogP contribution >= 0.6 is 0 Å². The van der Waals surface area contributed by atoms with Crippen molar-refractivity contribution in [2.24, 2.45) is 0 Å². The number of pyridine rings is 1. The molecule has 2 aromatic rings. The van der Waals surface area contributed by atoms with Crippen LogP contribution in [-0.2, 0) is 16.6 Å². The minimum atomic E-state index is -3.59. The number of likely N-dealkylation sites (N-methyl/N-ethyl adjacent to an activating group) is 1. The molecule has 10 heteroatoms. The topological polar surface area (TPSA) is 109 Å². The van der Waals surface area contributed by atoms with Gasteiger partial charge in [0.25, 0.3) is 5.69 Å². The van der Waals surface area contributed by atoms with E-state index in [1.54, 1.807) is 37.3 Å². The number of hydrogen-bond acceptors (Lipinski definition) is 7. The second-order valence-corrected chi connectivity index (χ2v) is 8.69. The number of nitrogens with zero attached hydrogens (tertiary/aromatic N) is 4. The summed E-state index contributed by atoms with van der Waals surface area (Å²) in [5, 5.41) is 14.0. The molecule has 0 radical (unpaired) electrons. The summed E-state index contributed by atoms with van der Waals surface area (Å²) in [6, 6.07) is 8.44. The zero-order valence-corrected chi connectivity index (χ0v) is 16.6. The van der Waals surface area contributed by atoms with Crippen LogP contribution in [0.3, 0.4) is 0 Å². The SMILES string of the molecule is Cc1cc(NCc2ccccc2S(=O)(=O)N2CCN(C)CC2)ncc1[N+](=O)[O-]. The maximum absolute atomic E-state index is 13.1. The van der Waals surface area contributed by atoms with Gasteiger partial charge in [0.05, 0.1) is 9.82 Å². The van der Waals surface area contributed by atoms with Crippen LogP contribution in [0, 0.1) is 17.0 Å². The van der Waals surface area contributed by atoms with Gasteiger partial charge in [0, 0.05) is 38.3 Å². The smallest absolute Gasteiger partial charge is 0.290 e. The number of nitro groups is 1. The maximum atomic E-state index is 13.1. The standard InChI is InChI=1S/C18H23N5O4S/c1-14-11-18(20-13-16(14)23(24)25)19-12-15-5-3-4-6-17(15)28(26,27)22-9-7-21(2)8-10-22/h3-6,11,13H,7-10,12H2,1-2H3,(H,19,20). The molecule has 1 aliphatic rings. The molecule has 0 amide bonds. The number of nitrogens with one attached hydrogen (secondary N) is 1. The molecule has 0 saturated carbocycles. The first-order chi connectivity index (χ1) is 13.3. The van der Waals surface area contributed by atoms with Crippen LogP contribution in [0.5, 0.6) is 0 Å². The van der Waals surface area contributed by atoms with Gasteiger partial charge in [-0.15, -0.1) is 0 Å². The van der Waals surface area contributed by atoms with Gasteiger partial charge in [-0.2, -0.15) is 4.31 Å². The Hall–Kier alpha value is -2.56. The van der Waals surface area contributed by atoms with E-state index in [4.69, 9.17) is 0 Å². The largest absolute Gasteiger partial charge is 0.366 e. The molecule has 1 fully saturated rings. The normalized spacial score (nSPS) is 16.1. The Balaban J connectivity index is 1.79. The molecule has 28 heavy (non-hydrogen) atoms. The minimum Gasteiger partial charge on any atom is -0.366 e. The monoisotopic (exact) mass is 405 g/mol. The minimum absolute atomic E-state index is 0.0522. The number of rotatable bonds is 6. The van der Waals surface area contributed by atoms with Gasteiger partial charge in [-0.3, -0.25) is 10.1 Å². The lowest BCUT2D eigenvalue weighted by atomic mass is 10.2. The quantitative estimate of drug-likeness (QED) is 0.577. The summed E-state index contributed by atoms with van der Waals surface area (Å²) in [4.78, 5) is 16.8. The molecule has 1 N–H and O–H groups in total. The third-order valence-corrected chi connectivity index (χ3v) is 6.79. The second kappa shape index (κ2) is 8.21. The molecule has 0 aliphatic carbocycles. The number of piperazine rings is 1. The molecule has 1 saturated heterocycles. The lowest BCUT2D eigenvalue weighted by molar-refractivity contribution is -0.385. The molecule has 2 heterocycles. The van der Waals surface area contributed by atoms with Crippen molar-refractivity contribution >= 4 is 21.5 Å². The van der Waals surface area contributed by atoms with Gasteiger partial charge >= 0.3 is 0 Å². The summed E-state index contributed by atoms with van der Waals surface area (Å²) in [7, 11) is -1.62. The molecule has 0 bridgehead atoms. The van der Waals surface area contributed by atoms with E-state index in [1.807, 2.05) is 7.05 Å². The number of hydrogen-bond donors (Lipinski definition) is 1. The van der Waals surface area contributed by atoms with Crippen molar-refractivity contribution in [3.05, 3.63) is 57.8 Å². The highest BCUT2D eigenvalue weighted by atomic mass is 32.2. The highest BCUT2D eigenvalue weighted by Gasteiger charge is 2.29. The van der Waals surface area contributed by atoms with E-state index in [2.05, 4.69) is 15.2 Å². The molecule has 1 aromatic heterocycles. The van der Waals surface area contributed by atoms with Crippen LogP contribution in [0.15, 0.2) is 41.4 Å². The zero-order chi connectivity index (χ0) is 20.3. The third-order valence-electron chi connectivity index (χ3n) is 4.79. The lowest BCUT2D eigenvalue weighted by Crippen LogP contribution is -2.47. The number of aryl methyl sites for hydroxylation is 1. The number of anilines is 1. The molecule has 9 nitrogen and oxygen atoms in total. The molecule has 0 unspecified atom stereocenters. The van der Waals surface area contributed by atoms with Crippen LogP contribution in [0.1, 0.15) is 11.1 Å². The fraction of sp³-hybridized carbons (Fsp3) is 0.389. The Morgan fingerprint density at radius 2 is 1.89 bits per heavy atom. The van der Waals surface area contributed by atoms with E-state index in [0.717, 1.165) is 0 Å². The second-order valence-electron chi connectivity index (χ2n) is 6.78. The van der Waals surface area contributed by atoms with Crippen molar-refractivity contribution in [1.29, 1.82) is 0 Å². The van der Waals surface area contributed by atoms with Gasteiger partial charge < -0.3 is 10.2 Å². The summed E-state index contributed by atoms with van der Waals surface area (Å²) in [5.41, 5.74) is 1.06. The number of aromatic nitrogens is 1. The Bertz CT molecular complexity index is 972. The van der Waals surface area contributed by atoms with E-state index in [1.165, 1.54) is 10.5 Å². The summed E-state index contributed by atoms with van der Waals surface area (Å²) in [6.07, 6.45) is 1.20. The average molecular weight is 405 g/mol. The van der Waals surface area contributed by atoms with E-state index >= 15 is 0 Å². The Labute approximate surface area is 164 Å². The molecular weight excluding hydrogens is 382 g/mol. The van der Waals surface area contributed by atoms with Gasteiger partial charge in [0.1, 0.15) is 12.0 Å². The van der Waals surface area contributed by atoms with Crippen molar-refractivity contribution in [3.63, 3.8) is 0 Å². The van der Waals surface area contributed by atoms with E-state index in [-0.39, 0.29) is 17.1 Å². The van der Waals surface area contributed by atoms with Crippen LogP contribution in [0.4, 0.5) is 11.5 Å². The average Bonchev–Trinajstić information content (AvgIpc) is 2.66. The fourth-order valence-corrected chi connectivity index (χ4v) is 4.74. The fourth-order valence-electron chi connectivity index (χ4n) is 3.09. The molecule has 0 atom stereocenters. The Morgan fingerprint density at radius 3 is 2.54 bits per heavy atom. The van der Waals surface area contributed by atoms with Crippen LogP contribution < -0.4 is 5.32 Å². The van der Waals surface area contributed by atoms with Crippen LogP contribution in [0.2, 0.25) is 0 Å². The predicted molar refractivity (Wildman–Crippen MR) is 106 cm³/mol. The van der Waals surface area contributed by atoms with Gasteiger partial charge in [-0.1, -0.05) is 18.2 Å². The van der Waals surface area contributed by atoms with Gasteiger partial charge in [-0.05, 0) is 31.7 Å². The van der Waals surface area contributed by atoms with Crippen LogP contribution in [0.25, 0.3) is 0 Å². The first kappa shape index (κ1) is 20.2.